The lowest BCUT2D eigenvalue weighted by molar-refractivity contribution is -0.122. The third kappa shape index (κ3) is 3.16. The first-order valence-corrected chi connectivity index (χ1v) is 4.75. The van der Waals surface area contributed by atoms with Gasteiger partial charge in [-0.2, -0.15) is 12.7 Å². The van der Waals surface area contributed by atoms with Crippen LogP contribution in [0.2, 0.25) is 0 Å². The normalized spacial score (nSPS) is 11.7. The standard InChI is InChI=1S/C5H12N2O4S/c1-3-7(2)12(10,11)6-5(9)4-8/h8H,3-4H2,1-2H3,(H,6,9). The molecule has 0 heterocycles. The molecule has 0 rings (SSSR count). The Morgan fingerprint density at radius 3 is 2.42 bits per heavy atom. The van der Waals surface area contributed by atoms with Gasteiger partial charge in [0.05, 0.1) is 0 Å². The topological polar surface area (TPSA) is 86.7 Å². The van der Waals surface area contributed by atoms with Crippen LogP contribution in [0.4, 0.5) is 0 Å². The minimum absolute atomic E-state index is 0.258. The summed E-state index contributed by atoms with van der Waals surface area (Å²) in [7, 11) is -2.42. The average molecular weight is 196 g/mol. The summed E-state index contributed by atoms with van der Waals surface area (Å²) in [6, 6.07) is 0. The molecule has 0 spiro atoms. The highest BCUT2D eigenvalue weighted by molar-refractivity contribution is 7.87. The maximum absolute atomic E-state index is 11.0. The van der Waals surface area contributed by atoms with Gasteiger partial charge in [-0.05, 0) is 0 Å². The summed E-state index contributed by atoms with van der Waals surface area (Å²) in [6.45, 7) is 1.05. The summed E-state index contributed by atoms with van der Waals surface area (Å²) in [4.78, 5) is 10.5. The number of nitrogens with zero attached hydrogens (tertiary/aromatic N) is 1. The van der Waals surface area contributed by atoms with Gasteiger partial charge < -0.3 is 5.11 Å². The molecule has 0 unspecified atom stereocenters. The smallest absolute Gasteiger partial charge is 0.303 e. The summed E-state index contributed by atoms with van der Waals surface area (Å²) in [6.07, 6.45) is 0. The Kier molecular flexibility index (Phi) is 4.15. The highest BCUT2D eigenvalue weighted by Crippen LogP contribution is 1.91. The molecule has 1 amide bonds. The van der Waals surface area contributed by atoms with Crippen LogP contribution in [-0.4, -0.2) is 43.9 Å². The molecular formula is C5H12N2O4S. The van der Waals surface area contributed by atoms with Crippen LogP contribution in [0.5, 0.6) is 0 Å². The molecule has 0 aromatic heterocycles. The monoisotopic (exact) mass is 196 g/mol. The molecule has 0 aliphatic carbocycles. The van der Waals surface area contributed by atoms with Gasteiger partial charge in [0, 0.05) is 13.6 Å². The van der Waals surface area contributed by atoms with Gasteiger partial charge in [-0.25, -0.2) is 4.72 Å². The van der Waals surface area contributed by atoms with E-state index in [1.165, 1.54) is 7.05 Å². The van der Waals surface area contributed by atoms with Gasteiger partial charge in [0.2, 0.25) is 0 Å². The molecular weight excluding hydrogens is 184 g/mol. The number of aliphatic hydroxyl groups excluding tert-OH is 1. The lowest BCUT2D eigenvalue weighted by Crippen LogP contribution is -2.42. The molecule has 0 bridgehead atoms. The van der Waals surface area contributed by atoms with Gasteiger partial charge >= 0.3 is 10.2 Å². The Bertz CT molecular complexity index is 248. The molecule has 0 aromatic carbocycles. The van der Waals surface area contributed by atoms with Crippen LogP contribution in [-0.2, 0) is 15.0 Å². The van der Waals surface area contributed by atoms with Gasteiger partial charge in [-0.3, -0.25) is 4.79 Å². The highest BCUT2D eigenvalue weighted by Gasteiger charge is 2.17. The minimum Gasteiger partial charge on any atom is -0.387 e. The van der Waals surface area contributed by atoms with E-state index >= 15 is 0 Å². The van der Waals surface area contributed by atoms with Crippen molar-refractivity contribution in [3.63, 3.8) is 0 Å². The lowest BCUT2D eigenvalue weighted by Gasteiger charge is -2.14. The molecule has 0 saturated carbocycles. The van der Waals surface area contributed by atoms with E-state index in [-0.39, 0.29) is 6.54 Å². The number of hydrogen-bond donors (Lipinski definition) is 2. The summed E-state index contributed by atoms with van der Waals surface area (Å²) in [5.74, 6) is -0.935. The SMILES string of the molecule is CCN(C)S(=O)(=O)NC(=O)CO. The summed E-state index contributed by atoms with van der Waals surface area (Å²) in [5.41, 5.74) is 0. The van der Waals surface area contributed by atoms with E-state index in [0.717, 1.165) is 4.31 Å². The van der Waals surface area contributed by atoms with E-state index in [1.807, 2.05) is 0 Å². The molecule has 6 nitrogen and oxygen atoms in total. The van der Waals surface area contributed by atoms with Crippen molar-refractivity contribution in [2.45, 2.75) is 6.92 Å². The number of nitrogens with one attached hydrogen (secondary N) is 1. The van der Waals surface area contributed by atoms with Crippen molar-refractivity contribution in [3.05, 3.63) is 0 Å². The number of carbonyl (C=O) groups excluding carboxylic acids is 1. The molecule has 7 heteroatoms. The zero-order valence-electron chi connectivity index (χ0n) is 6.94. The van der Waals surface area contributed by atoms with Gasteiger partial charge in [0.25, 0.3) is 5.91 Å². The highest BCUT2D eigenvalue weighted by atomic mass is 32.2. The average Bonchev–Trinajstić information content (AvgIpc) is 2.02. The Balaban J connectivity index is 4.34. The number of hydrogen-bond acceptors (Lipinski definition) is 4. The second kappa shape index (κ2) is 4.39. The van der Waals surface area contributed by atoms with Crippen molar-refractivity contribution in [2.75, 3.05) is 20.2 Å². The molecule has 12 heavy (non-hydrogen) atoms. The van der Waals surface area contributed by atoms with Crippen molar-refractivity contribution in [1.82, 2.24) is 9.03 Å². The molecule has 0 saturated heterocycles. The van der Waals surface area contributed by atoms with Crippen LogP contribution in [0.1, 0.15) is 6.92 Å². The Labute approximate surface area is 71.4 Å². The molecule has 72 valence electrons. The van der Waals surface area contributed by atoms with E-state index in [9.17, 15) is 13.2 Å². The molecule has 0 aliphatic heterocycles. The largest absolute Gasteiger partial charge is 0.387 e. The molecule has 0 radical (unpaired) electrons. The van der Waals surface area contributed by atoms with Crippen molar-refractivity contribution in [3.8, 4) is 0 Å². The first-order chi connectivity index (χ1) is 5.44. The fourth-order valence-corrected chi connectivity index (χ4v) is 1.27. The number of amides is 1. The number of carbonyl (C=O) groups is 1. The van der Waals surface area contributed by atoms with E-state index in [0.29, 0.717) is 0 Å². The molecule has 0 atom stereocenters. The number of aliphatic hydroxyl groups is 1. The summed E-state index contributed by atoms with van der Waals surface area (Å²) < 4.78 is 24.7. The summed E-state index contributed by atoms with van der Waals surface area (Å²) >= 11 is 0. The van der Waals surface area contributed by atoms with Crippen molar-refractivity contribution >= 4 is 16.1 Å². The van der Waals surface area contributed by atoms with Crippen LogP contribution < -0.4 is 4.72 Å². The third-order valence-corrected chi connectivity index (χ3v) is 2.81. The third-order valence-electron chi connectivity index (χ3n) is 1.24. The van der Waals surface area contributed by atoms with Crippen LogP contribution in [0, 0.1) is 0 Å². The van der Waals surface area contributed by atoms with Crippen LogP contribution in [0.15, 0.2) is 0 Å². The maximum Gasteiger partial charge on any atom is 0.303 e. The maximum atomic E-state index is 11.0. The predicted octanol–water partition coefficient (Wildman–Crippen LogP) is -1.71. The molecule has 0 fully saturated rings. The van der Waals surface area contributed by atoms with Gasteiger partial charge in [-0.1, -0.05) is 6.92 Å². The first kappa shape index (κ1) is 11.3. The van der Waals surface area contributed by atoms with Gasteiger partial charge in [-0.15, -0.1) is 0 Å². The Morgan fingerprint density at radius 1 is 1.58 bits per heavy atom. The van der Waals surface area contributed by atoms with Gasteiger partial charge in [0.15, 0.2) is 0 Å². The second-order valence-electron chi connectivity index (χ2n) is 2.10. The van der Waals surface area contributed by atoms with Crippen molar-refractivity contribution in [2.24, 2.45) is 0 Å². The quantitative estimate of drug-likeness (QED) is 0.560. The fraction of sp³-hybridized carbons (Fsp3) is 0.800. The lowest BCUT2D eigenvalue weighted by atomic mass is 10.7. The molecule has 0 aromatic rings. The van der Waals surface area contributed by atoms with Crippen molar-refractivity contribution < 1.29 is 18.3 Å². The van der Waals surface area contributed by atoms with Crippen LogP contribution in [0.3, 0.4) is 0 Å². The zero-order valence-corrected chi connectivity index (χ0v) is 7.76. The van der Waals surface area contributed by atoms with E-state index in [4.69, 9.17) is 5.11 Å². The fourth-order valence-electron chi connectivity index (χ4n) is 0.424. The predicted molar refractivity (Wildman–Crippen MR) is 42.5 cm³/mol. The first-order valence-electron chi connectivity index (χ1n) is 3.31. The van der Waals surface area contributed by atoms with E-state index in [2.05, 4.69) is 0 Å². The Morgan fingerprint density at radius 2 is 2.08 bits per heavy atom. The molecule has 0 aliphatic rings. The van der Waals surface area contributed by atoms with Crippen molar-refractivity contribution in [1.29, 1.82) is 0 Å². The Hall–Kier alpha value is -0.660. The number of rotatable bonds is 4. The second-order valence-corrected chi connectivity index (χ2v) is 3.88. The van der Waals surface area contributed by atoms with Gasteiger partial charge in [0.1, 0.15) is 6.61 Å². The molecule has 2 N–H and O–H groups in total. The van der Waals surface area contributed by atoms with Crippen LogP contribution in [0.25, 0.3) is 0 Å². The van der Waals surface area contributed by atoms with E-state index < -0.39 is 22.7 Å². The van der Waals surface area contributed by atoms with Crippen LogP contribution >= 0.6 is 0 Å². The van der Waals surface area contributed by atoms with E-state index in [1.54, 1.807) is 11.6 Å². The zero-order chi connectivity index (χ0) is 9.78. The summed E-state index contributed by atoms with van der Waals surface area (Å²) in [5, 5.41) is 8.26. The minimum atomic E-state index is -3.75.